The smallest absolute Gasteiger partial charge is 0.337 e. The van der Waals surface area contributed by atoms with Crippen molar-refractivity contribution in [3.05, 3.63) is 12.7 Å². The van der Waals surface area contributed by atoms with Crippen molar-refractivity contribution in [1.82, 2.24) is 0 Å². The molecule has 0 radical (unpaired) electrons. The second-order valence-electron chi connectivity index (χ2n) is 3.88. The predicted octanol–water partition coefficient (Wildman–Crippen LogP) is 3.06. The second-order valence-corrected chi connectivity index (χ2v) is 7.61. The molecule has 0 aromatic rings. The minimum Gasteiger partial charge on any atom is -0.398 e. The van der Waals surface area contributed by atoms with Gasteiger partial charge in [-0.05, 0) is 18.2 Å². The Morgan fingerprint density at radius 1 is 1.38 bits per heavy atom. The van der Waals surface area contributed by atoms with Crippen LogP contribution < -0.4 is 0 Å². The van der Waals surface area contributed by atoms with Crippen LogP contribution in [0, 0.1) is 0 Å². The van der Waals surface area contributed by atoms with Crippen molar-refractivity contribution in [2.45, 2.75) is 45.2 Å². The number of carbonyl (C=O) groups is 1. The van der Waals surface area contributed by atoms with Crippen LogP contribution in [0.15, 0.2) is 12.7 Å². The minimum absolute atomic E-state index is 0.0714. The third-order valence-electron chi connectivity index (χ3n) is 2.78. The van der Waals surface area contributed by atoms with Gasteiger partial charge in [0.15, 0.2) is 5.78 Å². The summed E-state index contributed by atoms with van der Waals surface area (Å²) in [6.45, 7) is 7.79. The van der Waals surface area contributed by atoms with E-state index in [2.05, 4.69) is 20.4 Å². The van der Waals surface area contributed by atoms with E-state index in [1.165, 1.54) is 18.9 Å². The number of ketones is 1. The average Bonchev–Trinajstić information content (AvgIpc) is 2.33. The van der Waals surface area contributed by atoms with E-state index >= 15 is 0 Å². The van der Waals surface area contributed by atoms with Crippen LogP contribution >= 0.6 is 0 Å². The summed E-state index contributed by atoms with van der Waals surface area (Å²) < 4.78 is 11.3. The van der Waals surface area contributed by atoms with Crippen LogP contribution in [0.2, 0.25) is 12.1 Å². The molecule has 0 aromatic heterocycles. The van der Waals surface area contributed by atoms with Crippen molar-refractivity contribution in [3.8, 4) is 0 Å². The van der Waals surface area contributed by atoms with Gasteiger partial charge in [0.05, 0.1) is 6.61 Å². The molecule has 94 valence electrons. The molecule has 0 rings (SSSR count). The molecule has 0 aliphatic carbocycles. The highest BCUT2D eigenvalue weighted by Crippen LogP contribution is 2.21. The highest BCUT2D eigenvalue weighted by Gasteiger charge is 2.34. The summed E-state index contributed by atoms with van der Waals surface area (Å²) in [6.07, 6.45) is 4.80. The van der Waals surface area contributed by atoms with Gasteiger partial charge in [0, 0.05) is 7.11 Å². The third kappa shape index (κ3) is 5.58. The number of carbonyl (C=O) groups excluding carboxylic acids is 1. The van der Waals surface area contributed by atoms with Gasteiger partial charge in [-0.2, -0.15) is 0 Å². The zero-order valence-electron chi connectivity index (χ0n) is 10.8. The normalized spacial score (nSPS) is 14.4. The summed E-state index contributed by atoms with van der Waals surface area (Å²) >= 11 is 0. The first kappa shape index (κ1) is 15.5. The van der Waals surface area contributed by atoms with Crippen LogP contribution in [0.3, 0.4) is 0 Å². The minimum atomic E-state index is -2.13. The van der Waals surface area contributed by atoms with Crippen LogP contribution in [0.25, 0.3) is 0 Å². The maximum Gasteiger partial charge on any atom is 0.337 e. The van der Waals surface area contributed by atoms with E-state index in [4.69, 9.17) is 8.85 Å². The molecule has 0 aromatic carbocycles. The fraction of sp³-hybridized carbons (Fsp3) is 0.750. The molecule has 0 aliphatic heterocycles. The van der Waals surface area contributed by atoms with Crippen molar-refractivity contribution in [2.24, 2.45) is 0 Å². The lowest BCUT2D eigenvalue weighted by Crippen LogP contribution is -2.41. The Morgan fingerprint density at radius 2 is 2.06 bits per heavy atom. The lowest BCUT2D eigenvalue weighted by atomic mass is 10.3. The summed E-state index contributed by atoms with van der Waals surface area (Å²) in [5.41, 5.74) is 0. The monoisotopic (exact) mass is 244 g/mol. The van der Waals surface area contributed by atoms with E-state index in [9.17, 15) is 4.79 Å². The van der Waals surface area contributed by atoms with E-state index < -0.39 is 8.56 Å². The summed E-state index contributed by atoms with van der Waals surface area (Å²) in [7, 11) is -0.434. The van der Waals surface area contributed by atoms with Gasteiger partial charge < -0.3 is 8.85 Å². The molecule has 0 N–H and O–H groups in total. The molecular weight excluding hydrogens is 220 g/mol. The molecule has 0 heterocycles. The van der Waals surface area contributed by atoms with Gasteiger partial charge in [0.25, 0.3) is 0 Å². The van der Waals surface area contributed by atoms with Crippen LogP contribution in [-0.4, -0.2) is 28.1 Å². The quantitative estimate of drug-likeness (QED) is 0.336. The molecule has 1 atom stereocenters. The van der Waals surface area contributed by atoms with Crippen LogP contribution in [-0.2, 0) is 13.6 Å². The SMILES string of the molecule is C=CC(=O)CO[Si](CC)(CCCCC)OC. The molecule has 0 saturated carbocycles. The first-order chi connectivity index (χ1) is 7.64. The zero-order chi connectivity index (χ0) is 12.4. The van der Waals surface area contributed by atoms with E-state index in [0.717, 1.165) is 18.5 Å². The Morgan fingerprint density at radius 3 is 2.50 bits per heavy atom. The highest BCUT2D eigenvalue weighted by atomic mass is 28.4. The first-order valence-electron chi connectivity index (χ1n) is 5.98. The van der Waals surface area contributed by atoms with Crippen molar-refractivity contribution < 1.29 is 13.6 Å². The Labute approximate surface area is 100 Å². The summed E-state index contributed by atoms with van der Waals surface area (Å²) in [4.78, 5) is 11.1. The van der Waals surface area contributed by atoms with Crippen molar-refractivity contribution in [3.63, 3.8) is 0 Å². The number of unbranched alkanes of at least 4 members (excludes halogenated alkanes) is 2. The van der Waals surface area contributed by atoms with E-state index in [1.54, 1.807) is 7.11 Å². The second kappa shape index (κ2) is 8.67. The van der Waals surface area contributed by atoms with Gasteiger partial charge in [-0.3, -0.25) is 4.79 Å². The fourth-order valence-corrected chi connectivity index (χ4v) is 4.07. The maximum absolute atomic E-state index is 11.1. The third-order valence-corrected chi connectivity index (χ3v) is 6.38. The largest absolute Gasteiger partial charge is 0.398 e. The Balaban J connectivity index is 4.19. The Bertz CT molecular complexity index is 212. The zero-order valence-corrected chi connectivity index (χ0v) is 11.8. The van der Waals surface area contributed by atoms with E-state index in [-0.39, 0.29) is 12.4 Å². The van der Waals surface area contributed by atoms with Gasteiger partial charge >= 0.3 is 8.56 Å². The standard InChI is InChI=1S/C12H24O3Si/c1-5-8-9-10-16(7-3,14-4)15-11-12(13)6-2/h6H,2,5,7-11H2,1,3-4H3. The number of rotatable bonds is 10. The van der Waals surface area contributed by atoms with Crippen LogP contribution in [0.5, 0.6) is 0 Å². The topological polar surface area (TPSA) is 35.5 Å². The molecule has 0 bridgehead atoms. The van der Waals surface area contributed by atoms with Crippen molar-refractivity contribution in [1.29, 1.82) is 0 Å². The summed E-state index contributed by atoms with van der Waals surface area (Å²) in [6, 6.07) is 1.86. The molecule has 0 aliphatic rings. The fourth-order valence-electron chi connectivity index (χ4n) is 1.56. The van der Waals surface area contributed by atoms with Crippen LogP contribution in [0.1, 0.15) is 33.1 Å². The van der Waals surface area contributed by atoms with Gasteiger partial charge in [0.2, 0.25) is 0 Å². The maximum atomic E-state index is 11.1. The number of hydrogen-bond acceptors (Lipinski definition) is 3. The van der Waals surface area contributed by atoms with Gasteiger partial charge in [0.1, 0.15) is 0 Å². The highest BCUT2D eigenvalue weighted by molar-refractivity contribution is 6.67. The molecule has 0 saturated heterocycles. The molecule has 1 unspecified atom stereocenters. The molecule has 4 heteroatoms. The van der Waals surface area contributed by atoms with E-state index in [1.807, 2.05) is 0 Å². The summed E-state index contributed by atoms with van der Waals surface area (Å²) in [5.74, 6) is -0.0714. The average molecular weight is 244 g/mol. The van der Waals surface area contributed by atoms with Gasteiger partial charge in [-0.1, -0.05) is 39.7 Å². The first-order valence-corrected chi connectivity index (χ1v) is 8.21. The molecule has 0 fully saturated rings. The lowest BCUT2D eigenvalue weighted by Gasteiger charge is -2.27. The molecule has 0 spiro atoms. The molecule has 16 heavy (non-hydrogen) atoms. The van der Waals surface area contributed by atoms with Gasteiger partial charge in [-0.15, -0.1) is 0 Å². The predicted molar refractivity (Wildman–Crippen MR) is 68.7 cm³/mol. The Kier molecular flexibility index (Phi) is 8.43. The Hall–Kier alpha value is -0.453. The van der Waals surface area contributed by atoms with Crippen LogP contribution in [0.4, 0.5) is 0 Å². The molecule has 3 nitrogen and oxygen atoms in total. The van der Waals surface area contributed by atoms with Crippen molar-refractivity contribution in [2.75, 3.05) is 13.7 Å². The van der Waals surface area contributed by atoms with Gasteiger partial charge in [-0.25, -0.2) is 0 Å². The lowest BCUT2D eigenvalue weighted by molar-refractivity contribution is -0.117. The molecule has 0 amide bonds. The molecular formula is C12H24O3Si. The van der Waals surface area contributed by atoms with Crippen molar-refractivity contribution >= 4 is 14.3 Å². The number of hydrogen-bond donors (Lipinski definition) is 0. The van der Waals surface area contributed by atoms with E-state index in [0.29, 0.717) is 0 Å². The summed E-state index contributed by atoms with van der Waals surface area (Å²) in [5, 5.41) is 0.